The van der Waals surface area contributed by atoms with Crippen molar-refractivity contribution in [1.29, 1.82) is 0 Å². The minimum absolute atomic E-state index is 0.0239. The van der Waals surface area contributed by atoms with Crippen molar-refractivity contribution >= 4 is 17.6 Å². The largest absolute Gasteiger partial charge is 0.486 e. The van der Waals surface area contributed by atoms with Crippen LogP contribution >= 0.6 is 0 Å². The van der Waals surface area contributed by atoms with Crippen LogP contribution in [0.3, 0.4) is 0 Å². The van der Waals surface area contributed by atoms with Gasteiger partial charge in [0.1, 0.15) is 19.3 Å². The van der Waals surface area contributed by atoms with Gasteiger partial charge in [0.25, 0.3) is 5.91 Å². The van der Waals surface area contributed by atoms with Crippen LogP contribution in [0.25, 0.3) is 0 Å². The lowest BCUT2D eigenvalue weighted by Crippen LogP contribution is -2.21. The van der Waals surface area contributed by atoms with Gasteiger partial charge in [0.05, 0.1) is 5.56 Å². The van der Waals surface area contributed by atoms with Crippen LogP contribution in [0.5, 0.6) is 11.5 Å². The first-order valence-corrected chi connectivity index (χ1v) is 9.71. The highest BCUT2D eigenvalue weighted by Crippen LogP contribution is 2.31. The number of carbonyl (C=O) groups is 2. The van der Waals surface area contributed by atoms with Crippen LogP contribution < -0.4 is 14.8 Å². The van der Waals surface area contributed by atoms with Crippen LogP contribution in [0.4, 0.5) is 5.69 Å². The van der Waals surface area contributed by atoms with Gasteiger partial charge in [-0.2, -0.15) is 0 Å². The second-order valence-electron chi connectivity index (χ2n) is 7.06. The normalized spacial score (nSPS) is 16.3. The number of nitrogens with one attached hydrogen (secondary N) is 1. The number of hydrogen-bond donors (Lipinski definition) is 1. The Morgan fingerprint density at radius 3 is 2.29 bits per heavy atom. The predicted molar refractivity (Wildman–Crippen MR) is 104 cm³/mol. The average molecular weight is 381 g/mol. The van der Waals surface area contributed by atoms with Crippen molar-refractivity contribution in [2.24, 2.45) is 0 Å². The minimum Gasteiger partial charge on any atom is -0.486 e. The van der Waals surface area contributed by atoms with Gasteiger partial charge in [-0.05, 0) is 68.1 Å². The Labute approximate surface area is 163 Å². The molecule has 0 aromatic heterocycles. The topological polar surface area (TPSA) is 73.9 Å². The molecule has 0 radical (unpaired) electrons. The molecular formula is C22H23NO5. The van der Waals surface area contributed by atoms with E-state index < -0.39 is 0 Å². The van der Waals surface area contributed by atoms with Crippen LogP contribution in [-0.4, -0.2) is 31.2 Å². The third kappa shape index (κ3) is 4.27. The summed E-state index contributed by atoms with van der Waals surface area (Å²) in [5, 5.41) is 2.83. The molecule has 1 aliphatic heterocycles. The molecule has 2 aromatic carbocycles. The number of ether oxygens (including phenoxy) is 3. The van der Waals surface area contributed by atoms with E-state index in [9.17, 15) is 9.59 Å². The smallest absolute Gasteiger partial charge is 0.338 e. The number of esters is 1. The van der Waals surface area contributed by atoms with E-state index in [4.69, 9.17) is 14.2 Å². The molecule has 2 aliphatic rings. The molecule has 28 heavy (non-hydrogen) atoms. The highest BCUT2D eigenvalue weighted by molar-refractivity contribution is 6.04. The summed E-state index contributed by atoms with van der Waals surface area (Å²) in [5.74, 6) is 0.648. The van der Waals surface area contributed by atoms with Crippen LogP contribution in [0.1, 0.15) is 52.8 Å². The summed E-state index contributed by atoms with van der Waals surface area (Å²) in [7, 11) is 0. The lowest BCUT2D eigenvalue weighted by molar-refractivity contribution is 0.0211. The number of benzene rings is 2. The summed E-state index contributed by atoms with van der Waals surface area (Å²) in [4.78, 5) is 24.8. The van der Waals surface area contributed by atoms with E-state index in [2.05, 4.69) is 5.32 Å². The second kappa shape index (κ2) is 8.33. The predicted octanol–water partition coefficient (Wildman–Crippen LogP) is 4.20. The number of amides is 1. The third-order valence-electron chi connectivity index (χ3n) is 5.01. The molecule has 1 amide bonds. The molecule has 146 valence electrons. The summed E-state index contributed by atoms with van der Waals surface area (Å²) in [5.41, 5.74) is 1.57. The van der Waals surface area contributed by atoms with Gasteiger partial charge in [-0.1, -0.05) is 6.42 Å². The van der Waals surface area contributed by atoms with Crippen LogP contribution in [0.2, 0.25) is 0 Å². The lowest BCUT2D eigenvalue weighted by atomic mass is 9.98. The van der Waals surface area contributed by atoms with E-state index in [1.165, 1.54) is 6.42 Å². The SMILES string of the molecule is O=C(Nc1ccc(C(=O)OC2CCCCC2)cc1)c1ccc2c(c1)OCCO2. The Morgan fingerprint density at radius 1 is 0.857 bits per heavy atom. The Hall–Kier alpha value is -3.02. The fourth-order valence-corrected chi connectivity index (χ4v) is 3.48. The van der Waals surface area contributed by atoms with Gasteiger partial charge >= 0.3 is 5.97 Å². The third-order valence-corrected chi connectivity index (χ3v) is 5.01. The maximum atomic E-state index is 12.5. The Morgan fingerprint density at radius 2 is 1.54 bits per heavy atom. The number of rotatable bonds is 4. The van der Waals surface area contributed by atoms with Gasteiger partial charge in [0, 0.05) is 11.3 Å². The van der Waals surface area contributed by atoms with E-state index in [1.807, 2.05) is 0 Å². The Bertz CT molecular complexity index is 856. The molecule has 1 aliphatic carbocycles. The standard InChI is InChI=1S/C22H23NO5/c24-21(16-8-11-19-20(14-16)27-13-12-26-19)23-17-9-6-15(7-10-17)22(25)28-18-4-2-1-3-5-18/h6-11,14,18H,1-5,12-13H2,(H,23,24). The van der Waals surface area contributed by atoms with E-state index >= 15 is 0 Å². The highest BCUT2D eigenvalue weighted by atomic mass is 16.6. The molecule has 1 heterocycles. The number of anilines is 1. The quantitative estimate of drug-likeness (QED) is 0.804. The average Bonchev–Trinajstić information content (AvgIpc) is 2.74. The molecule has 0 atom stereocenters. The zero-order valence-electron chi connectivity index (χ0n) is 15.6. The summed E-state index contributed by atoms with van der Waals surface area (Å²) < 4.78 is 16.5. The maximum absolute atomic E-state index is 12.5. The molecule has 0 spiro atoms. The minimum atomic E-state index is -0.309. The zero-order valence-corrected chi connectivity index (χ0v) is 15.6. The van der Waals surface area contributed by atoms with E-state index in [0.29, 0.717) is 41.5 Å². The second-order valence-corrected chi connectivity index (χ2v) is 7.06. The van der Waals surface area contributed by atoms with E-state index in [0.717, 1.165) is 25.7 Å². The molecule has 4 rings (SSSR count). The summed E-state index contributed by atoms with van der Waals surface area (Å²) in [6.45, 7) is 0.977. The summed E-state index contributed by atoms with van der Waals surface area (Å²) in [6, 6.07) is 11.8. The molecule has 0 unspecified atom stereocenters. The lowest BCUT2D eigenvalue weighted by Gasteiger charge is -2.21. The van der Waals surface area contributed by atoms with Crippen molar-refractivity contribution in [3.63, 3.8) is 0 Å². The molecule has 0 bridgehead atoms. The molecule has 0 saturated heterocycles. The molecule has 1 saturated carbocycles. The van der Waals surface area contributed by atoms with Crippen molar-refractivity contribution in [3.05, 3.63) is 53.6 Å². The van der Waals surface area contributed by atoms with E-state index in [1.54, 1.807) is 42.5 Å². The van der Waals surface area contributed by atoms with Gasteiger partial charge < -0.3 is 19.5 Å². The van der Waals surface area contributed by atoms with Gasteiger partial charge in [0.15, 0.2) is 11.5 Å². The fraction of sp³-hybridized carbons (Fsp3) is 0.364. The Balaban J connectivity index is 1.37. The molecule has 1 N–H and O–H groups in total. The van der Waals surface area contributed by atoms with Crippen LogP contribution in [0, 0.1) is 0 Å². The van der Waals surface area contributed by atoms with Gasteiger partial charge in [-0.15, -0.1) is 0 Å². The number of hydrogen-bond acceptors (Lipinski definition) is 5. The van der Waals surface area contributed by atoms with Crippen molar-refractivity contribution in [2.45, 2.75) is 38.2 Å². The first-order valence-electron chi connectivity index (χ1n) is 9.71. The van der Waals surface area contributed by atoms with Crippen molar-refractivity contribution in [1.82, 2.24) is 0 Å². The van der Waals surface area contributed by atoms with Gasteiger partial charge in [-0.25, -0.2) is 4.79 Å². The van der Waals surface area contributed by atoms with Crippen molar-refractivity contribution in [2.75, 3.05) is 18.5 Å². The molecule has 1 fully saturated rings. The number of carbonyl (C=O) groups excluding carboxylic acids is 2. The van der Waals surface area contributed by atoms with Gasteiger partial charge in [0.2, 0.25) is 0 Å². The van der Waals surface area contributed by atoms with Crippen LogP contribution in [0.15, 0.2) is 42.5 Å². The highest BCUT2D eigenvalue weighted by Gasteiger charge is 2.19. The Kier molecular flexibility index (Phi) is 5.46. The monoisotopic (exact) mass is 381 g/mol. The zero-order chi connectivity index (χ0) is 19.3. The molecule has 6 heteroatoms. The van der Waals surface area contributed by atoms with Crippen molar-refractivity contribution in [3.8, 4) is 11.5 Å². The first kappa shape index (κ1) is 18.3. The summed E-state index contributed by atoms with van der Waals surface area (Å²) >= 11 is 0. The molecule has 2 aromatic rings. The van der Waals surface area contributed by atoms with Crippen LogP contribution in [-0.2, 0) is 4.74 Å². The first-order chi connectivity index (χ1) is 13.7. The fourth-order valence-electron chi connectivity index (χ4n) is 3.48. The van der Waals surface area contributed by atoms with Gasteiger partial charge in [-0.3, -0.25) is 4.79 Å². The van der Waals surface area contributed by atoms with E-state index in [-0.39, 0.29) is 18.0 Å². The number of fused-ring (bicyclic) bond motifs is 1. The summed E-state index contributed by atoms with van der Waals surface area (Å²) in [6.07, 6.45) is 5.35. The molecular weight excluding hydrogens is 358 g/mol. The maximum Gasteiger partial charge on any atom is 0.338 e. The molecule has 6 nitrogen and oxygen atoms in total. The van der Waals surface area contributed by atoms with Crippen molar-refractivity contribution < 1.29 is 23.8 Å².